The summed E-state index contributed by atoms with van der Waals surface area (Å²) in [6.45, 7) is 3.75. The fourth-order valence-corrected chi connectivity index (χ4v) is 2.80. The molecule has 130 valence electrons. The highest BCUT2D eigenvalue weighted by molar-refractivity contribution is 5.81. The van der Waals surface area contributed by atoms with E-state index in [4.69, 9.17) is 10.00 Å². The van der Waals surface area contributed by atoms with Crippen LogP contribution in [0, 0.1) is 11.3 Å². The SMILES string of the molecule is N#Cc1cnn(CCNC(=O)[C@H]2CN(Cc3ccccc3)CCO2)c1. The zero-order valence-corrected chi connectivity index (χ0v) is 14.0. The Morgan fingerprint density at radius 3 is 3.00 bits per heavy atom. The van der Waals surface area contributed by atoms with Crippen molar-refractivity contribution in [1.29, 1.82) is 5.26 Å². The second kappa shape index (κ2) is 8.42. The molecule has 0 spiro atoms. The van der Waals surface area contributed by atoms with Crippen molar-refractivity contribution in [3.8, 4) is 6.07 Å². The van der Waals surface area contributed by atoms with Crippen LogP contribution in [-0.4, -0.2) is 52.9 Å². The largest absolute Gasteiger partial charge is 0.366 e. The first-order valence-electron chi connectivity index (χ1n) is 8.33. The molecule has 1 N–H and O–H groups in total. The second-order valence-electron chi connectivity index (χ2n) is 5.98. The quantitative estimate of drug-likeness (QED) is 0.841. The summed E-state index contributed by atoms with van der Waals surface area (Å²) in [7, 11) is 0. The fraction of sp³-hybridized carbons (Fsp3) is 0.389. The molecule has 3 rings (SSSR count). The molecule has 1 fully saturated rings. The van der Waals surface area contributed by atoms with Crippen molar-refractivity contribution in [3.05, 3.63) is 53.9 Å². The minimum atomic E-state index is -0.454. The number of hydrogen-bond acceptors (Lipinski definition) is 5. The number of benzene rings is 1. The van der Waals surface area contributed by atoms with Crippen molar-refractivity contribution in [1.82, 2.24) is 20.0 Å². The average molecular weight is 339 g/mol. The molecule has 1 aromatic carbocycles. The van der Waals surface area contributed by atoms with Crippen LogP contribution in [0.1, 0.15) is 11.1 Å². The zero-order valence-electron chi connectivity index (χ0n) is 14.0. The lowest BCUT2D eigenvalue weighted by molar-refractivity contribution is -0.138. The van der Waals surface area contributed by atoms with Crippen LogP contribution in [0.3, 0.4) is 0 Å². The van der Waals surface area contributed by atoms with Gasteiger partial charge in [-0.05, 0) is 5.56 Å². The summed E-state index contributed by atoms with van der Waals surface area (Å²) in [5, 5.41) is 15.7. The third-order valence-electron chi connectivity index (χ3n) is 4.09. The Hall–Kier alpha value is -2.69. The van der Waals surface area contributed by atoms with E-state index >= 15 is 0 Å². The molecule has 7 heteroatoms. The van der Waals surface area contributed by atoms with Gasteiger partial charge >= 0.3 is 0 Å². The molecule has 1 atom stereocenters. The summed E-state index contributed by atoms with van der Waals surface area (Å²) >= 11 is 0. The molecule has 0 aliphatic carbocycles. The van der Waals surface area contributed by atoms with Crippen LogP contribution in [0.2, 0.25) is 0 Å². The van der Waals surface area contributed by atoms with Crippen molar-refractivity contribution >= 4 is 5.91 Å². The molecule has 0 unspecified atom stereocenters. The second-order valence-corrected chi connectivity index (χ2v) is 5.98. The van der Waals surface area contributed by atoms with Crippen molar-refractivity contribution in [2.75, 3.05) is 26.2 Å². The molecule has 0 bridgehead atoms. The molecule has 0 saturated carbocycles. The van der Waals surface area contributed by atoms with Crippen LogP contribution in [-0.2, 0) is 22.6 Å². The van der Waals surface area contributed by atoms with Crippen LogP contribution in [0.5, 0.6) is 0 Å². The van der Waals surface area contributed by atoms with Crippen LogP contribution in [0.25, 0.3) is 0 Å². The summed E-state index contributed by atoms with van der Waals surface area (Å²) < 4.78 is 7.25. The Labute approximate surface area is 146 Å². The molecular formula is C18H21N5O2. The highest BCUT2D eigenvalue weighted by atomic mass is 16.5. The normalized spacial score (nSPS) is 17.8. The number of aromatic nitrogens is 2. The first-order chi connectivity index (χ1) is 12.2. The Morgan fingerprint density at radius 1 is 1.40 bits per heavy atom. The number of rotatable bonds is 6. The number of amides is 1. The Kier molecular flexibility index (Phi) is 5.77. The van der Waals surface area contributed by atoms with E-state index in [1.165, 1.54) is 11.8 Å². The lowest BCUT2D eigenvalue weighted by Gasteiger charge is -2.32. The van der Waals surface area contributed by atoms with E-state index in [1.807, 2.05) is 24.3 Å². The van der Waals surface area contributed by atoms with Gasteiger partial charge in [0.25, 0.3) is 5.91 Å². The molecule has 25 heavy (non-hydrogen) atoms. The van der Waals surface area contributed by atoms with E-state index in [-0.39, 0.29) is 5.91 Å². The van der Waals surface area contributed by atoms with Gasteiger partial charge in [-0.25, -0.2) is 0 Å². The molecule has 1 aliphatic rings. The van der Waals surface area contributed by atoms with Crippen LogP contribution >= 0.6 is 0 Å². The van der Waals surface area contributed by atoms with Crippen LogP contribution in [0.4, 0.5) is 0 Å². The predicted octanol–water partition coefficient (Wildman–Crippen LogP) is 0.772. The van der Waals surface area contributed by atoms with Gasteiger partial charge in [0.2, 0.25) is 0 Å². The number of carbonyl (C=O) groups excluding carboxylic acids is 1. The Morgan fingerprint density at radius 2 is 2.24 bits per heavy atom. The molecule has 1 amide bonds. The van der Waals surface area contributed by atoms with Crippen molar-refractivity contribution in [3.63, 3.8) is 0 Å². The molecular weight excluding hydrogens is 318 g/mol. The molecule has 2 heterocycles. The number of hydrogen-bond donors (Lipinski definition) is 1. The van der Waals surface area contributed by atoms with E-state index in [0.29, 0.717) is 31.8 Å². The first kappa shape index (κ1) is 17.1. The molecule has 2 aromatic rings. The van der Waals surface area contributed by atoms with E-state index in [2.05, 4.69) is 27.4 Å². The number of nitriles is 1. The highest BCUT2D eigenvalue weighted by Crippen LogP contribution is 2.10. The van der Waals surface area contributed by atoms with Gasteiger partial charge in [0.05, 0.1) is 24.9 Å². The highest BCUT2D eigenvalue weighted by Gasteiger charge is 2.26. The number of ether oxygens (including phenoxy) is 1. The third-order valence-corrected chi connectivity index (χ3v) is 4.09. The monoisotopic (exact) mass is 339 g/mol. The molecule has 1 aromatic heterocycles. The maximum Gasteiger partial charge on any atom is 0.250 e. The lowest BCUT2D eigenvalue weighted by Crippen LogP contribution is -2.49. The maximum atomic E-state index is 12.3. The van der Waals surface area contributed by atoms with Gasteiger partial charge in [0.15, 0.2) is 0 Å². The maximum absolute atomic E-state index is 12.3. The Bertz CT molecular complexity index is 737. The minimum absolute atomic E-state index is 0.106. The summed E-state index contributed by atoms with van der Waals surface area (Å²) in [5.41, 5.74) is 1.74. The number of nitrogens with one attached hydrogen (secondary N) is 1. The standard InChI is InChI=1S/C18H21N5O2/c19-10-16-11-21-23(13-16)7-6-20-18(24)17-14-22(8-9-25-17)12-15-4-2-1-3-5-15/h1-5,11,13,17H,6-9,12,14H2,(H,20,24)/t17-/m1/s1. The van der Waals surface area contributed by atoms with Gasteiger partial charge in [0.1, 0.15) is 12.2 Å². The van der Waals surface area contributed by atoms with Gasteiger partial charge in [-0.1, -0.05) is 30.3 Å². The van der Waals surface area contributed by atoms with Crippen molar-refractivity contribution in [2.45, 2.75) is 19.2 Å². The molecule has 1 aliphatic heterocycles. The molecule has 1 saturated heterocycles. The van der Waals surface area contributed by atoms with Gasteiger partial charge in [-0.3, -0.25) is 14.4 Å². The number of carbonyl (C=O) groups is 1. The van der Waals surface area contributed by atoms with E-state index in [1.54, 1.807) is 10.9 Å². The van der Waals surface area contributed by atoms with Crippen LogP contribution < -0.4 is 5.32 Å². The molecule has 7 nitrogen and oxygen atoms in total. The topological polar surface area (TPSA) is 83.2 Å². The van der Waals surface area contributed by atoms with Gasteiger partial charge < -0.3 is 10.1 Å². The zero-order chi connectivity index (χ0) is 17.5. The van der Waals surface area contributed by atoms with Gasteiger partial charge in [-0.2, -0.15) is 10.4 Å². The van der Waals surface area contributed by atoms with E-state index < -0.39 is 6.10 Å². The average Bonchev–Trinajstić information content (AvgIpc) is 3.11. The first-order valence-corrected chi connectivity index (χ1v) is 8.33. The van der Waals surface area contributed by atoms with E-state index in [9.17, 15) is 4.79 Å². The van der Waals surface area contributed by atoms with Gasteiger partial charge in [0, 0.05) is 32.4 Å². The summed E-state index contributed by atoms with van der Waals surface area (Å²) in [6, 6.07) is 12.2. The fourth-order valence-electron chi connectivity index (χ4n) is 2.80. The summed E-state index contributed by atoms with van der Waals surface area (Å²) in [5.74, 6) is -0.106. The minimum Gasteiger partial charge on any atom is -0.366 e. The smallest absolute Gasteiger partial charge is 0.250 e. The predicted molar refractivity (Wildman–Crippen MR) is 91.4 cm³/mol. The summed E-state index contributed by atoms with van der Waals surface area (Å²) in [6.07, 6.45) is 2.71. The van der Waals surface area contributed by atoms with E-state index in [0.717, 1.165) is 13.1 Å². The van der Waals surface area contributed by atoms with Gasteiger partial charge in [-0.15, -0.1) is 0 Å². The third kappa shape index (κ3) is 4.89. The van der Waals surface area contributed by atoms with Crippen LogP contribution in [0.15, 0.2) is 42.7 Å². The van der Waals surface area contributed by atoms with Crippen molar-refractivity contribution < 1.29 is 9.53 Å². The number of nitrogens with zero attached hydrogens (tertiary/aromatic N) is 4. The van der Waals surface area contributed by atoms with Crippen molar-refractivity contribution in [2.24, 2.45) is 0 Å². The molecule has 0 radical (unpaired) electrons. The number of morpholine rings is 1. The lowest BCUT2D eigenvalue weighted by atomic mass is 10.2. The Balaban J connectivity index is 1.44. The summed E-state index contributed by atoms with van der Waals surface area (Å²) in [4.78, 5) is 14.5.